The van der Waals surface area contributed by atoms with E-state index in [1.54, 1.807) is 7.11 Å². The predicted molar refractivity (Wildman–Crippen MR) is 132 cm³/mol. The summed E-state index contributed by atoms with van der Waals surface area (Å²) in [7, 11) is 1.65. The number of benzene rings is 2. The fraction of sp³-hybridized carbons (Fsp3) is 0.370. The second-order valence-electron chi connectivity index (χ2n) is 8.78. The minimum absolute atomic E-state index is 0.227. The molecule has 1 aliphatic rings. The van der Waals surface area contributed by atoms with Crippen LogP contribution in [0.2, 0.25) is 0 Å². The van der Waals surface area contributed by atoms with Crippen molar-refractivity contribution in [3.05, 3.63) is 60.8 Å². The van der Waals surface area contributed by atoms with Gasteiger partial charge in [0.25, 0.3) is 0 Å². The molecule has 2 aromatic heterocycles. The number of aromatic nitrogens is 3. The third-order valence-corrected chi connectivity index (χ3v) is 6.70. The lowest BCUT2D eigenvalue weighted by Crippen LogP contribution is -2.34. The first-order valence-electron chi connectivity index (χ1n) is 12.0. The molecule has 1 aliphatic carbocycles. The Labute approximate surface area is 199 Å². The standard InChI is InChI=1S/C27H30N4O3/c1-3-23(29-27-31-30-26(34-27)19-10-12-20(32-2)13-11-19)18-8-14-21(15-9-18)33-25-16-17-28-24-7-5-4-6-22(24)25/h4-7,10-13,16-18,21,23H,3,8-9,14-15H2,1-2H3,(H,29,31)/t18?,21?,23-/m1/s1. The third kappa shape index (κ3) is 4.83. The lowest BCUT2D eigenvalue weighted by atomic mass is 9.81. The first kappa shape index (κ1) is 22.2. The zero-order chi connectivity index (χ0) is 23.3. The zero-order valence-corrected chi connectivity index (χ0v) is 19.6. The molecule has 0 bridgehead atoms. The van der Waals surface area contributed by atoms with E-state index in [1.165, 1.54) is 0 Å². The van der Waals surface area contributed by atoms with E-state index in [-0.39, 0.29) is 12.1 Å². The number of rotatable bonds is 8. The highest BCUT2D eigenvalue weighted by Crippen LogP contribution is 2.34. The Morgan fingerprint density at radius 2 is 1.79 bits per heavy atom. The highest BCUT2D eigenvalue weighted by molar-refractivity contribution is 5.84. The average Bonchev–Trinajstić information content (AvgIpc) is 3.37. The van der Waals surface area contributed by atoms with E-state index in [2.05, 4.69) is 33.5 Å². The van der Waals surface area contributed by atoms with Crippen molar-refractivity contribution in [3.63, 3.8) is 0 Å². The summed E-state index contributed by atoms with van der Waals surface area (Å²) in [5, 5.41) is 13.0. The van der Waals surface area contributed by atoms with Crippen molar-refractivity contribution in [2.24, 2.45) is 5.92 Å². The van der Waals surface area contributed by atoms with Crippen molar-refractivity contribution in [2.45, 2.75) is 51.2 Å². The average molecular weight is 459 g/mol. The molecule has 1 N–H and O–H groups in total. The van der Waals surface area contributed by atoms with Crippen LogP contribution in [-0.2, 0) is 0 Å². The van der Waals surface area contributed by atoms with Crippen molar-refractivity contribution in [2.75, 3.05) is 12.4 Å². The second-order valence-corrected chi connectivity index (χ2v) is 8.78. The van der Waals surface area contributed by atoms with Crippen molar-refractivity contribution in [3.8, 4) is 23.0 Å². The molecule has 0 radical (unpaired) electrons. The monoisotopic (exact) mass is 458 g/mol. The highest BCUT2D eigenvalue weighted by Gasteiger charge is 2.29. The van der Waals surface area contributed by atoms with Gasteiger partial charge < -0.3 is 19.2 Å². The van der Waals surface area contributed by atoms with Gasteiger partial charge in [-0.05, 0) is 80.5 Å². The smallest absolute Gasteiger partial charge is 0.315 e. The number of fused-ring (bicyclic) bond motifs is 1. The van der Waals surface area contributed by atoms with Gasteiger partial charge in [0.2, 0.25) is 5.89 Å². The maximum absolute atomic E-state index is 6.41. The maximum Gasteiger partial charge on any atom is 0.315 e. The molecule has 176 valence electrons. The van der Waals surface area contributed by atoms with Crippen LogP contribution < -0.4 is 14.8 Å². The normalized spacial score (nSPS) is 19.0. The van der Waals surface area contributed by atoms with Gasteiger partial charge in [0, 0.05) is 23.2 Å². The van der Waals surface area contributed by atoms with Crippen LogP contribution in [0.3, 0.4) is 0 Å². The first-order chi connectivity index (χ1) is 16.7. The Balaban J connectivity index is 1.18. The van der Waals surface area contributed by atoms with Crippen LogP contribution in [0.5, 0.6) is 11.5 Å². The number of pyridine rings is 1. The molecule has 4 aromatic rings. The van der Waals surface area contributed by atoms with E-state index in [4.69, 9.17) is 13.9 Å². The Bertz CT molecular complexity index is 1210. The number of anilines is 1. The summed E-state index contributed by atoms with van der Waals surface area (Å²) in [6, 6.07) is 18.5. The van der Waals surface area contributed by atoms with Crippen molar-refractivity contribution in [1.82, 2.24) is 15.2 Å². The van der Waals surface area contributed by atoms with E-state index in [9.17, 15) is 0 Å². The maximum atomic E-state index is 6.41. The largest absolute Gasteiger partial charge is 0.497 e. The summed E-state index contributed by atoms with van der Waals surface area (Å²) in [4.78, 5) is 4.44. The summed E-state index contributed by atoms with van der Waals surface area (Å²) >= 11 is 0. The SMILES string of the molecule is CC[C@@H](Nc1nnc(-c2ccc(OC)cc2)o1)C1CCC(Oc2ccnc3ccccc23)CC1. The van der Waals surface area contributed by atoms with E-state index in [0.29, 0.717) is 17.8 Å². The fourth-order valence-electron chi connectivity index (χ4n) is 4.80. The van der Waals surface area contributed by atoms with Gasteiger partial charge >= 0.3 is 6.01 Å². The third-order valence-electron chi connectivity index (χ3n) is 6.70. The summed E-state index contributed by atoms with van der Waals surface area (Å²) < 4.78 is 17.5. The molecule has 0 aliphatic heterocycles. The van der Waals surface area contributed by atoms with Crippen molar-refractivity contribution >= 4 is 16.9 Å². The molecule has 7 nitrogen and oxygen atoms in total. The van der Waals surface area contributed by atoms with Gasteiger partial charge in [0.15, 0.2) is 0 Å². The molecule has 1 fully saturated rings. The van der Waals surface area contributed by atoms with Gasteiger partial charge in [-0.1, -0.05) is 24.2 Å². The van der Waals surface area contributed by atoms with Gasteiger partial charge in [-0.15, -0.1) is 5.10 Å². The molecule has 0 unspecified atom stereocenters. The molecular weight excluding hydrogens is 428 g/mol. The van der Waals surface area contributed by atoms with E-state index >= 15 is 0 Å². The molecule has 0 amide bonds. The van der Waals surface area contributed by atoms with E-state index < -0.39 is 0 Å². The first-order valence-corrected chi connectivity index (χ1v) is 12.0. The fourth-order valence-corrected chi connectivity index (χ4v) is 4.80. The molecule has 0 saturated heterocycles. The van der Waals surface area contributed by atoms with Gasteiger partial charge in [-0.25, -0.2) is 0 Å². The summed E-state index contributed by atoms with van der Waals surface area (Å²) in [5.41, 5.74) is 1.84. The lowest BCUT2D eigenvalue weighted by Gasteiger charge is -2.33. The number of hydrogen-bond donors (Lipinski definition) is 1. The molecule has 5 rings (SSSR count). The molecule has 2 heterocycles. The van der Waals surface area contributed by atoms with Crippen LogP contribution in [0, 0.1) is 5.92 Å². The molecule has 34 heavy (non-hydrogen) atoms. The Morgan fingerprint density at radius 1 is 1.00 bits per heavy atom. The minimum atomic E-state index is 0.227. The van der Waals surface area contributed by atoms with Crippen molar-refractivity contribution in [1.29, 1.82) is 0 Å². The quantitative estimate of drug-likeness (QED) is 0.340. The van der Waals surface area contributed by atoms with E-state index in [1.807, 2.05) is 54.7 Å². The number of methoxy groups -OCH3 is 1. The number of nitrogens with zero attached hydrogens (tertiary/aromatic N) is 3. The topological polar surface area (TPSA) is 82.3 Å². The lowest BCUT2D eigenvalue weighted by molar-refractivity contribution is 0.126. The summed E-state index contributed by atoms with van der Waals surface area (Å²) in [6.45, 7) is 2.20. The number of hydrogen-bond acceptors (Lipinski definition) is 7. The Kier molecular flexibility index (Phi) is 6.60. The molecule has 1 atom stereocenters. The van der Waals surface area contributed by atoms with Crippen LogP contribution in [0.4, 0.5) is 6.01 Å². The Morgan fingerprint density at radius 3 is 2.56 bits per heavy atom. The molecule has 0 spiro atoms. The minimum Gasteiger partial charge on any atom is -0.497 e. The van der Waals surface area contributed by atoms with Crippen LogP contribution in [0.1, 0.15) is 39.0 Å². The summed E-state index contributed by atoms with van der Waals surface area (Å²) in [5.74, 6) is 2.76. The predicted octanol–water partition coefficient (Wildman–Crippen LogP) is 6.12. The van der Waals surface area contributed by atoms with Crippen LogP contribution in [0.15, 0.2) is 65.2 Å². The van der Waals surface area contributed by atoms with Gasteiger partial charge in [0.05, 0.1) is 18.7 Å². The molecule has 1 saturated carbocycles. The van der Waals surface area contributed by atoms with Gasteiger partial charge in [0.1, 0.15) is 11.5 Å². The number of nitrogens with one attached hydrogen (secondary N) is 1. The van der Waals surface area contributed by atoms with Gasteiger partial charge in [-0.3, -0.25) is 4.98 Å². The van der Waals surface area contributed by atoms with Crippen LogP contribution >= 0.6 is 0 Å². The second kappa shape index (κ2) is 10.1. The van der Waals surface area contributed by atoms with Crippen molar-refractivity contribution < 1.29 is 13.9 Å². The Hall–Kier alpha value is -3.61. The van der Waals surface area contributed by atoms with Crippen LogP contribution in [0.25, 0.3) is 22.4 Å². The summed E-state index contributed by atoms with van der Waals surface area (Å²) in [6.07, 6.45) is 7.29. The molecule has 7 heteroatoms. The molecule has 2 aromatic carbocycles. The van der Waals surface area contributed by atoms with Gasteiger partial charge in [-0.2, -0.15) is 0 Å². The van der Waals surface area contributed by atoms with Crippen LogP contribution in [-0.4, -0.2) is 34.4 Å². The zero-order valence-electron chi connectivity index (χ0n) is 19.6. The van der Waals surface area contributed by atoms with E-state index in [0.717, 1.165) is 60.1 Å². The molecular formula is C27H30N4O3. The number of ether oxygens (including phenoxy) is 2. The highest BCUT2D eigenvalue weighted by atomic mass is 16.5. The number of para-hydroxylation sites is 1.